The van der Waals surface area contributed by atoms with Crippen molar-refractivity contribution in [1.29, 1.82) is 0 Å². The number of benzene rings is 2. The maximum atomic E-state index is 13.9. The topological polar surface area (TPSA) is 41.9 Å². The number of hydrogen-bond acceptors (Lipinski definition) is 4. The number of aliphatic imine (C=N–C) groups is 1. The first-order valence-electron chi connectivity index (χ1n) is 9.83. The van der Waals surface area contributed by atoms with E-state index in [0.29, 0.717) is 25.2 Å². The first kappa shape index (κ1) is 24.0. The second-order valence-electron chi connectivity index (χ2n) is 7.58. The molecule has 1 heterocycles. The highest BCUT2D eigenvalue weighted by molar-refractivity contribution is 9.11. The first-order valence-corrected chi connectivity index (χ1v) is 12.2. The fourth-order valence-corrected chi connectivity index (χ4v) is 5.65. The number of nitrogens with zero attached hydrogens (tertiary/aromatic N) is 2. The van der Waals surface area contributed by atoms with Gasteiger partial charge in [0.2, 0.25) is 0 Å². The van der Waals surface area contributed by atoms with E-state index in [9.17, 15) is 9.18 Å². The Morgan fingerprint density at radius 1 is 1.16 bits per heavy atom. The third kappa shape index (κ3) is 5.79. The van der Waals surface area contributed by atoms with E-state index in [1.165, 1.54) is 17.8 Å². The van der Waals surface area contributed by atoms with Gasteiger partial charge in [0.05, 0.1) is 13.9 Å². The van der Waals surface area contributed by atoms with Crippen LogP contribution in [-0.2, 0) is 11.4 Å². The second kappa shape index (κ2) is 10.3. The number of thioether (sulfide) groups is 1. The molecule has 0 spiro atoms. The van der Waals surface area contributed by atoms with Crippen LogP contribution in [0.3, 0.4) is 0 Å². The Labute approximate surface area is 203 Å². The SMILES string of the molecule is CC(C)N=C1S/C(=C/c2cc(Br)c(OCc3ccccc3F)c(Br)c2)C(=O)N1C(C)C. The minimum atomic E-state index is -0.304. The molecule has 1 aliphatic rings. The van der Waals surface area contributed by atoms with Gasteiger partial charge >= 0.3 is 0 Å². The fourth-order valence-electron chi connectivity index (χ4n) is 2.97. The summed E-state index contributed by atoms with van der Waals surface area (Å²) in [4.78, 5) is 19.9. The summed E-state index contributed by atoms with van der Waals surface area (Å²) in [7, 11) is 0. The minimum Gasteiger partial charge on any atom is -0.486 e. The Bertz CT molecular complexity index is 1030. The molecule has 4 nitrogen and oxygen atoms in total. The molecule has 1 fully saturated rings. The van der Waals surface area contributed by atoms with E-state index in [1.807, 2.05) is 45.9 Å². The summed E-state index contributed by atoms with van der Waals surface area (Å²) in [6.45, 7) is 8.05. The summed E-state index contributed by atoms with van der Waals surface area (Å²) in [6, 6.07) is 10.4. The van der Waals surface area contributed by atoms with Gasteiger partial charge in [0.15, 0.2) is 5.17 Å². The van der Waals surface area contributed by atoms with Crippen LogP contribution < -0.4 is 4.74 Å². The number of halogens is 3. The highest BCUT2D eigenvalue weighted by Gasteiger charge is 2.35. The van der Waals surface area contributed by atoms with E-state index in [2.05, 4.69) is 36.9 Å². The van der Waals surface area contributed by atoms with Crippen molar-refractivity contribution in [3.05, 3.63) is 67.2 Å². The predicted octanol–water partition coefficient (Wildman–Crippen LogP) is 7.02. The average molecular weight is 570 g/mol. The number of carbonyl (C=O) groups is 1. The molecule has 0 aromatic heterocycles. The lowest BCUT2D eigenvalue weighted by Gasteiger charge is -2.20. The van der Waals surface area contributed by atoms with Gasteiger partial charge in [0, 0.05) is 17.6 Å². The number of ether oxygens (including phenoxy) is 1. The van der Waals surface area contributed by atoms with E-state index in [0.717, 1.165) is 10.7 Å². The molecule has 0 unspecified atom stereocenters. The van der Waals surface area contributed by atoms with Gasteiger partial charge in [-0.2, -0.15) is 0 Å². The van der Waals surface area contributed by atoms with Crippen molar-refractivity contribution in [3.8, 4) is 5.75 Å². The van der Waals surface area contributed by atoms with Gasteiger partial charge < -0.3 is 4.74 Å². The van der Waals surface area contributed by atoms with Crippen molar-refractivity contribution >= 4 is 60.8 Å². The largest absolute Gasteiger partial charge is 0.486 e. The summed E-state index contributed by atoms with van der Waals surface area (Å²) < 4.78 is 21.1. The van der Waals surface area contributed by atoms with Gasteiger partial charge in [-0.1, -0.05) is 18.2 Å². The molecular weight excluding hydrogens is 547 g/mol. The monoisotopic (exact) mass is 568 g/mol. The lowest BCUT2D eigenvalue weighted by molar-refractivity contribution is -0.123. The zero-order chi connectivity index (χ0) is 22.7. The Balaban J connectivity index is 1.85. The van der Waals surface area contributed by atoms with Crippen molar-refractivity contribution in [3.63, 3.8) is 0 Å². The molecule has 2 aromatic rings. The van der Waals surface area contributed by atoms with Crippen LogP contribution in [0.1, 0.15) is 38.8 Å². The predicted molar refractivity (Wildman–Crippen MR) is 133 cm³/mol. The summed E-state index contributed by atoms with van der Waals surface area (Å²) in [5.74, 6) is 0.217. The Hall–Kier alpha value is -1.64. The fraction of sp³-hybridized carbons (Fsp3) is 0.304. The molecule has 0 radical (unpaired) electrons. The number of amides is 1. The molecule has 2 aromatic carbocycles. The number of rotatable bonds is 6. The second-order valence-corrected chi connectivity index (χ2v) is 10.3. The highest BCUT2D eigenvalue weighted by Crippen LogP contribution is 2.38. The van der Waals surface area contributed by atoms with Crippen LogP contribution in [-0.4, -0.2) is 28.1 Å². The van der Waals surface area contributed by atoms with Crippen molar-refractivity contribution < 1.29 is 13.9 Å². The van der Waals surface area contributed by atoms with Crippen molar-refractivity contribution in [1.82, 2.24) is 4.90 Å². The third-order valence-electron chi connectivity index (χ3n) is 4.37. The molecule has 0 aliphatic carbocycles. The summed E-state index contributed by atoms with van der Waals surface area (Å²) in [6.07, 6.45) is 1.85. The van der Waals surface area contributed by atoms with E-state index in [1.54, 1.807) is 23.1 Å². The zero-order valence-corrected chi connectivity index (χ0v) is 21.6. The maximum Gasteiger partial charge on any atom is 0.266 e. The molecule has 3 rings (SSSR count). The van der Waals surface area contributed by atoms with Crippen LogP contribution in [0.25, 0.3) is 6.08 Å². The summed E-state index contributed by atoms with van der Waals surface area (Å²) in [5, 5.41) is 0.726. The van der Waals surface area contributed by atoms with Crippen LogP contribution in [0.5, 0.6) is 5.75 Å². The average Bonchev–Trinajstić information content (AvgIpc) is 2.96. The Morgan fingerprint density at radius 3 is 2.39 bits per heavy atom. The van der Waals surface area contributed by atoms with Crippen LogP contribution >= 0.6 is 43.6 Å². The molecule has 8 heteroatoms. The lowest BCUT2D eigenvalue weighted by atomic mass is 10.2. The quantitative estimate of drug-likeness (QED) is 0.351. The van der Waals surface area contributed by atoms with E-state index in [-0.39, 0.29) is 30.4 Å². The normalized spacial score (nSPS) is 16.9. The van der Waals surface area contributed by atoms with Crippen LogP contribution in [0.4, 0.5) is 4.39 Å². The first-order chi connectivity index (χ1) is 14.7. The van der Waals surface area contributed by atoms with Crippen molar-refractivity contribution in [2.24, 2.45) is 4.99 Å². The van der Waals surface area contributed by atoms with Gasteiger partial charge in [0.25, 0.3) is 5.91 Å². The molecule has 0 saturated carbocycles. The molecule has 0 atom stereocenters. The molecule has 1 saturated heterocycles. The van der Waals surface area contributed by atoms with Crippen molar-refractivity contribution in [2.75, 3.05) is 0 Å². The van der Waals surface area contributed by atoms with Gasteiger partial charge in [-0.05, 0) is 101 Å². The van der Waals surface area contributed by atoms with Gasteiger partial charge in [0.1, 0.15) is 18.2 Å². The minimum absolute atomic E-state index is 0.0241. The molecule has 1 amide bonds. The zero-order valence-electron chi connectivity index (χ0n) is 17.7. The van der Waals surface area contributed by atoms with Gasteiger partial charge in [-0.15, -0.1) is 0 Å². The number of carbonyl (C=O) groups excluding carboxylic acids is 1. The summed E-state index contributed by atoms with van der Waals surface area (Å²) >= 11 is 8.45. The van der Waals surface area contributed by atoms with E-state index < -0.39 is 0 Å². The Morgan fingerprint density at radius 2 is 1.81 bits per heavy atom. The van der Waals surface area contributed by atoms with E-state index in [4.69, 9.17) is 4.74 Å². The number of amidine groups is 1. The van der Waals surface area contributed by atoms with Crippen molar-refractivity contribution in [2.45, 2.75) is 46.4 Å². The van der Waals surface area contributed by atoms with Gasteiger partial charge in [-0.25, -0.2) is 4.39 Å². The van der Waals surface area contributed by atoms with Crippen LogP contribution in [0.15, 0.2) is 55.2 Å². The highest BCUT2D eigenvalue weighted by atomic mass is 79.9. The van der Waals surface area contributed by atoms with Crippen LogP contribution in [0, 0.1) is 5.82 Å². The third-order valence-corrected chi connectivity index (χ3v) is 6.55. The molecule has 31 heavy (non-hydrogen) atoms. The van der Waals surface area contributed by atoms with Crippen LogP contribution in [0.2, 0.25) is 0 Å². The smallest absolute Gasteiger partial charge is 0.266 e. The summed E-state index contributed by atoms with van der Waals surface area (Å²) in [5.41, 5.74) is 1.31. The maximum absolute atomic E-state index is 13.9. The molecular formula is C23H23Br2FN2O2S. The lowest BCUT2D eigenvalue weighted by Crippen LogP contribution is -2.35. The molecule has 164 valence electrons. The number of hydrogen-bond donors (Lipinski definition) is 0. The van der Waals surface area contributed by atoms with Gasteiger partial charge in [-0.3, -0.25) is 14.7 Å². The standard InChI is InChI=1S/C23H23Br2FN2O2S/c1-13(2)27-23-28(14(3)4)22(29)20(31-23)11-15-9-17(24)21(18(25)10-15)30-12-16-7-5-6-8-19(16)26/h5-11,13-14H,12H2,1-4H3/b20-11+,27-23?. The Kier molecular flexibility index (Phi) is 7.99. The molecule has 0 bridgehead atoms. The molecule has 0 N–H and O–H groups in total. The van der Waals surface area contributed by atoms with E-state index >= 15 is 0 Å². The molecule has 1 aliphatic heterocycles.